The lowest BCUT2D eigenvalue weighted by molar-refractivity contribution is -0.0187. The fourth-order valence-corrected chi connectivity index (χ4v) is 3.18. The van der Waals surface area contributed by atoms with Crippen LogP contribution in [-0.2, 0) is 19.3 Å². The van der Waals surface area contributed by atoms with Gasteiger partial charge in [0, 0.05) is 7.11 Å². The highest BCUT2D eigenvalue weighted by molar-refractivity contribution is 7.91. The Morgan fingerprint density at radius 3 is 2.58 bits per heavy atom. The summed E-state index contributed by atoms with van der Waals surface area (Å²) in [5.74, 6) is 0.0361. The summed E-state index contributed by atoms with van der Waals surface area (Å²) in [5, 5.41) is 0. The van der Waals surface area contributed by atoms with E-state index in [1.165, 1.54) is 0 Å². The maximum Gasteiger partial charge on any atom is 0.178 e. The zero-order valence-electron chi connectivity index (χ0n) is 11.3. The van der Waals surface area contributed by atoms with Crippen LogP contribution >= 0.6 is 0 Å². The third-order valence-corrected chi connectivity index (χ3v) is 4.42. The largest absolute Gasteiger partial charge is 0.359 e. The number of hydrogen-bond acceptors (Lipinski definition) is 4. The van der Waals surface area contributed by atoms with Crippen molar-refractivity contribution in [2.24, 2.45) is 5.92 Å². The van der Waals surface area contributed by atoms with Crippen LogP contribution in [0, 0.1) is 5.92 Å². The summed E-state index contributed by atoms with van der Waals surface area (Å²) in [5.41, 5.74) is 0. The summed E-state index contributed by atoms with van der Waals surface area (Å²) in [7, 11) is -1.67. The predicted molar refractivity (Wildman–Crippen MR) is 74.6 cm³/mol. The highest BCUT2D eigenvalue weighted by Gasteiger charge is 2.16. The Bertz CT molecular complexity index is 479. The van der Waals surface area contributed by atoms with Gasteiger partial charge >= 0.3 is 0 Å². The first-order valence-electron chi connectivity index (χ1n) is 6.07. The lowest BCUT2D eigenvalue weighted by Gasteiger charge is -2.08. The number of sulfone groups is 1. The van der Waals surface area contributed by atoms with Crippen LogP contribution in [0.4, 0.5) is 0 Å². The third kappa shape index (κ3) is 6.00. The average Bonchev–Trinajstić information content (AvgIpc) is 2.39. The number of hydrogen-bond donors (Lipinski definition) is 0. The Balaban J connectivity index is 2.50. The van der Waals surface area contributed by atoms with Crippen molar-refractivity contribution >= 4 is 9.84 Å². The van der Waals surface area contributed by atoms with Gasteiger partial charge in [-0.15, -0.1) is 0 Å². The standard InChI is InChI=1S/C14H20O4S/c1-13(7-6-10-18-12-17-2)11-19(15,16)14-8-4-3-5-9-14/h3-9,13H,10-12H2,1-2H3/b7-6+/t13-/m1/s1. The Labute approximate surface area is 115 Å². The van der Waals surface area contributed by atoms with Crippen molar-refractivity contribution in [1.29, 1.82) is 0 Å². The molecule has 1 rings (SSSR count). The SMILES string of the molecule is COCOC/C=C/[C@@H](C)CS(=O)(=O)c1ccccc1. The molecule has 0 fully saturated rings. The van der Waals surface area contributed by atoms with Crippen LogP contribution in [0.15, 0.2) is 47.4 Å². The maximum atomic E-state index is 12.1. The summed E-state index contributed by atoms with van der Waals surface area (Å²) < 4.78 is 34.0. The smallest absolute Gasteiger partial charge is 0.178 e. The topological polar surface area (TPSA) is 52.6 Å². The van der Waals surface area contributed by atoms with E-state index in [4.69, 9.17) is 9.47 Å². The highest BCUT2D eigenvalue weighted by Crippen LogP contribution is 2.14. The lowest BCUT2D eigenvalue weighted by atomic mass is 10.2. The minimum absolute atomic E-state index is 0.0589. The first-order valence-corrected chi connectivity index (χ1v) is 7.72. The monoisotopic (exact) mass is 284 g/mol. The van der Waals surface area contributed by atoms with Gasteiger partial charge in [-0.2, -0.15) is 0 Å². The number of rotatable bonds is 8. The Morgan fingerprint density at radius 2 is 1.95 bits per heavy atom. The molecule has 1 atom stereocenters. The van der Waals surface area contributed by atoms with Gasteiger partial charge in [-0.25, -0.2) is 8.42 Å². The van der Waals surface area contributed by atoms with E-state index < -0.39 is 9.84 Å². The van der Waals surface area contributed by atoms with Crippen molar-refractivity contribution in [2.75, 3.05) is 26.3 Å². The van der Waals surface area contributed by atoms with Crippen molar-refractivity contribution < 1.29 is 17.9 Å². The number of methoxy groups -OCH3 is 1. The second kappa shape index (κ2) is 8.09. The highest BCUT2D eigenvalue weighted by atomic mass is 32.2. The van der Waals surface area contributed by atoms with Crippen molar-refractivity contribution in [3.05, 3.63) is 42.5 Å². The van der Waals surface area contributed by atoms with Gasteiger partial charge in [0.05, 0.1) is 17.3 Å². The van der Waals surface area contributed by atoms with Gasteiger partial charge in [0.15, 0.2) is 9.84 Å². The van der Waals surface area contributed by atoms with E-state index >= 15 is 0 Å². The maximum absolute atomic E-state index is 12.1. The molecule has 1 aromatic rings. The van der Waals surface area contributed by atoms with Crippen LogP contribution in [0.1, 0.15) is 6.92 Å². The minimum Gasteiger partial charge on any atom is -0.359 e. The molecule has 5 heteroatoms. The first-order chi connectivity index (χ1) is 9.06. The fraction of sp³-hybridized carbons (Fsp3) is 0.429. The molecule has 0 heterocycles. The van der Waals surface area contributed by atoms with Crippen LogP contribution in [0.3, 0.4) is 0 Å². The number of benzene rings is 1. The summed E-state index contributed by atoms with van der Waals surface area (Å²) >= 11 is 0. The van der Waals surface area contributed by atoms with Crippen molar-refractivity contribution in [3.63, 3.8) is 0 Å². The summed E-state index contributed by atoms with van der Waals surface area (Å²) in [6.45, 7) is 2.53. The summed E-state index contributed by atoms with van der Waals surface area (Å²) in [6, 6.07) is 8.49. The summed E-state index contributed by atoms with van der Waals surface area (Å²) in [6.07, 6.45) is 3.65. The van der Waals surface area contributed by atoms with Crippen molar-refractivity contribution in [1.82, 2.24) is 0 Å². The van der Waals surface area contributed by atoms with Crippen LogP contribution in [0.2, 0.25) is 0 Å². The van der Waals surface area contributed by atoms with Gasteiger partial charge in [0.25, 0.3) is 0 Å². The molecular weight excluding hydrogens is 264 g/mol. The predicted octanol–water partition coefficient (Wildman–Crippen LogP) is 2.27. The molecule has 0 aromatic heterocycles. The molecule has 0 amide bonds. The Kier molecular flexibility index (Phi) is 6.77. The van der Waals surface area contributed by atoms with Crippen LogP contribution in [0.5, 0.6) is 0 Å². The van der Waals surface area contributed by atoms with E-state index in [2.05, 4.69) is 0 Å². The second-order valence-corrected chi connectivity index (χ2v) is 6.31. The normalized spacial score (nSPS) is 13.8. The van der Waals surface area contributed by atoms with E-state index in [-0.39, 0.29) is 18.5 Å². The van der Waals surface area contributed by atoms with Gasteiger partial charge in [-0.1, -0.05) is 37.3 Å². The molecule has 0 N–H and O–H groups in total. The summed E-state index contributed by atoms with van der Waals surface area (Å²) in [4.78, 5) is 0.367. The van der Waals surface area contributed by atoms with E-state index in [1.54, 1.807) is 37.4 Å². The fourth-order valence-electron chi connectivity index (χ4n) is 1.61. The zero-order chi connectivity index (χ0) is 14.1. The molecule has 0 spiro atoms. The molecule has 0 unspecified atom stereocenters. The van der Waals surface area contributed by atoms with E-state index in [9.17, 15) is 8.42 Å². The molecule has 0 aliphatic carbocycles. The third-order valence-electron chi connectivity index (χ3n) is 2.46. The molecule has 0 aliphatic heterocycles. The molecule has 1 aromatic carbocycles. The average molecular weight is 284 g/mol. The van der Waals surface area contributed by atoms with E-state index in [0.717, 1.165) is 0 Å². The van der Waals surface area contributed by atoms with Gasteiger partial charge < -0.3 is 9.47 Å². The molecular formula is C14H20O4S. The Morgan fingerprint density at radius 1 is 1.26 bits per heavy atom. The zero-order valence-corrected chi connectivity index (χ0v) is 12.1. The molecule has 0 bridgehead atoms. The van der Waals surface area contributed by atoms with Crippen LogP contribution < -0.4 is 0 Å². The number of ether oxygens (including phenoxy) is 2. The molecule has 0 aliphatic rings. The van der Waals surface area contributed by atoms with Crippen molar-refractivity contribution in [2.45, 2.75) is 11.8 Å². The second-order valence-electron chi connectivity index (χ2n) is 4.28. The number of allylic oxidation sites excluding steroid dienone is 1. The molecule has 19 heavy (non-hydrogen) atoms. The molecule has 0 saturated heterocycles. The van der Waals surface area contributed by atoms with Gasteiger partial charge in [-0.05, 0) is 18.1 Å². The Hall–Kier alpha value is -1.17. The van der Waals surface area contributed by atoms with Gasteiger partial charge in [0.2, 0.25) is 0 Å². The molecule has 4 nitrogen and oxygen atoms in total. The van der Waals surface area contributed by atoms with Crippen LogP contribution in [-0.4, -0.2) is 34.7 Å². The lowest BCUT2D eigenvalue weighted by Crippen LogP contribution is -2.12. The van der Waals surface area contributed by atoms with Crippen molar-refractivity contribution in [3.8, 4) is 0 Å². The van der Waals surface area contributed by atoms with Gasteiger partial charge in [0.1, 0.15) is 6.79 Å². The van der Waals surface area contributed by atoms with Crippen LogP contribution in [0.25, 0.3) is 0 Å². The van der Waals surface area contributed by atoms with E-state index in [0.29, 0.717) is 11.5 Å². The first kappa shape index (κ1) is 15.9. The molecule has 0 radical (unpaired) electrons. The molecule has 106 valence electrons. The molecule has 0 saturated carbocycles. The van der Waals surface area contributed by atoms with E-state index in [1.807, 2.05) is 19.1 Å². The minimum atomic E-state index is -3.22. The quantitative estimate of drug-likeness (QED) is 0.417. The van der Waals surface area contributed by atoms with Gasteiger partial charge in [-0.3, -0.25) is 0 Å².